The molecular weight excluding hydrogens is 412 g/mol. The van der Waals surface area contributed by atoms with Crippen molar-refractivity contribution in [2.45, 2.75) is 0 Å². The van der Waals surface area contributed by atoms with Crippen molar-refractivity contribution in [3.8, 4) is 11.5 Å². The molecule has 0 unspecified atom stereocenters. The van der Waals surface area contributed by atoms with E-state index in [-0.39, 0.29) is 18.1 Å². The average molecular weight is 435 g/mol. The van der Waals surface area contributed by atoms with Gasteiger partial charge in [0.05, 0.1) is 36.4 Å². The predicted octanol–water partition coefficient (Wildman–Crippen LogP) is 3.03. The number of anilines is 2. The van der Waals surface area contributed by atoms with E-state index in [1.54, 1.807) is 24.3 Å². The van der Waals surface area contributed by atoms with Crippen LogP contribution in [0, 0.1) is 10.1 Å². The van der Waals surface area contributed by atoms with Crippen molar-refractivity contribution in [2.75, 3.05) is 57.2 Å². The molecule has 0 saturated carbocycles. The molecule has 0 radical (unpaired) electrons. The Kier molecular flexibility index (Phi) is 6.96. The van der Waals surface area contributed by atoms with Crippen LogP contribution in [0.15, 0.2) is 36.4 Å². The Bertz CT molecular complexity index is 914. The normalized spacial score (nSPS) is 14.3. The highest BCUT2D eigenvalue weighted by molar-refractivity contribution is 6.32. The van der Waals surface area contributed by atoms with Gasteiger partial charge in [0, 0.05) is 56.1 Å². The predicted molar refractivity (Wildman–Crippen MR) is 115 cm³/mol. The van der Waals surface area contributed by atoms with Crippen molar-refractivity contribution in [1.29, 1.82) is 0 Å². The minimum absolute atomic E-state index is 0.0725. The topological polar surface area (TPSA) is 97.2 Å². The third kappa shape index (κ3) is 5.11. The number of nitro groups is 1. The number of nitrogens with zero attached hydrogens (tertiary/aromatic N) is 3. The fraction of sp³-hybridized carbons (Fsp3) is 0.350. The zero-order chi connectivity index (χ0) is 21.7. The SMILES string of the molecule is COc1cc(NC(=O)CN2CCN(c3ccc([N+](=O)[O-])cc3)CC2)c(OC)cc1Cl. The lowest BCUT2D eigenvalue weighted by Gasteiger charge is -2.35. The highest BCUT2D eigenvalue weighted by atomic mass is 35.5. The molecule has 2 aromatic carbocycles. The van der Waals surface area contributed by atoms with Crippen LogP contribution in [0.3, 0.4) is 0 Å². The molecule has 0 aliphatic carbocycles. The molecule has 1 N–H and O–H groups in total. The molecule has 160 valence electrons. The molecule has 1 heterocycles. The quantitative estimate of drug-likeness (QED) is 0.528. The van der Waals surface area contributed by atoms with Crippen LogP contribution in [0.2, 0.25) is 5.02 Å². The minimum Gasteiger partial charge on any atom is -0.495 e. The Morgan fingerprint density at radius 3 is 2.30 bits per heavy atom. The van der Waals surface area contributed by atoms with Gasteiger partial charge in [-0.25, -0.2) is 0 Å². The van der Waals surface area contributed by atoms with E-state index in [0.29, 0.717) is 35.3 Å². The van der Waals surface area contributed by atoms with Crippen LogP contribution in [0.1, 0.15) is 0 Å². The van der Waals surface area contributed by atoms with Gasteiger partial charge in [-0.15, -0.1) is 0 Å². The number of hydrogen-bond acceptors (Lipinski definition) is 7. The Balaban J connectivity index is 1.55. The van der Waals surface area contributed by atoms with Crippen LogP contribution in [0.5, 0.6) is 11.5 Å². The summed E-state index contributed by atoms with van der Waals surface area (Å²) in [6.07, 6.45) is 0. The summed E-state index contributed by atoms with van der Waals surface area (Å²) in [5.41, 5.74) is 1.50. The van der Waals surface area contributed by atoms with Gasteiger partial charge in [-0.3, -0.25) is 19.8 Å². The minimum atomic E-state index is -0.411. The molecule has 1 aliphatic heterocycles. The van der Waals surface area contributed by atoms with E-state index in [1.807, 2.05) is 0 Å². The zero-order valence-electron chi connectivity index (χ0n) is 16.8. The highest BCUT2D eigenvalue weighted by Crippen LogP contribution is 2.35. The van der Waals surface area contributed by atoms with Gasteiger partial charge in [0.25, 0.3) is 5.69 Å². The Labute approximate surface area is 179 Å². The second kappa shape index (κ2) is 9.64. The van der Waals surface area contributed by atoms with Gasteiger partial charge in [0.15, 0.2) is 0 Å². The molecule has 1 aliphatic rings. The first-order valence-corrected chi connectivity index (χ1v) is 9.72. The third-order valence-corrected chi connectivity index (χ3v) is 5.21. The number of carbonyl (C=O) groups excluding carboxylic acids is 1. The second-order valence-electron chi connectivity index (χ2n) is 6.77. The summed E-state index contributed by atoms with van der Waals surface area (Å²) in [5.74, 6) is 0.739. The van der Waals surface area contributed by atoms with Crippen LogP contribution in [-0.4, -0.2) is 62.7 Å². The number of ether oxygens (including phenoxy) is 2. The van der Waals surface area contributed by atoms with Crippen molar-refractivity contribution in [2.24, 2.45) is 0 Å². The maximum Gasteiger partial charge on any atom is 0.269 e. The molecule has 10 heteroatoms. The summed E-state index contributed by atoms with van der Waals surface area (Å²) in [6.45, 7) is 3.09. The van der Waals surface area contributed by atoms with Crippen molar-refractivity contribution < 1.29 is 19.2 Å². The van der Waals surface area contributed by atoms with Gasteiger partial charge in [0.1, 0.15) is 11.5 Å². The summed E-state index contributed by atoms with van der Waals surface area (Å²) in [4.78, 5) is 27.1. The fourth-order valence-electron chi connectivity index (χ4n) is 3.30. The van der Waals surface area contributed by atoms with Crippen LogP contribution in [0.25, 0.3) is 0 Å². The van der Waals surface area contributed by atoms with E-state index in [0.717, 1.165) is 18.8 Å². The maximum absolute atomic E-state index is 12.5. The van der Waals surface area contributed by atoms with Crippen LogP contribution < -0.4 is 19.7 Å². The van der Waals surface area contributed by atoms with Crippen molar-refractivity contribution in [1.82, 2.24) is 4.90 Å². The van der Waals surface area contributed by atoms with Gasteiger partial charge >= 0.3 is 0 Å². The van der Waals surface area contributed by atoms with Crippen LogP contribution in [0.4, 0.5) is 17.1 Å². The first-order chi connectivity index (χ1) is 14.4. The highest BCUT2D eigenvalue weighted by Gasteiger charge is 2.21. The lowest BCUT2D eigenvalue weighted by atomic mass is 10.2. The van der Waals surface area contributed by atoms with E-state index in [1.165, 1.54) is 26.4 Å². The van der Waals surface area contributed by atoms with Gasteiger partial charge in [-0.05, 0) is 12.1 Å². The number of rotatable bonds is 7. The summed E-state index contributed by atoms with van der Waals surface area (Å²) < 4.78 is 10.5. The number of piperazine rings is 1. The monoisotopic (exact) mass is 434 g/mol. The largest absolute Gasteiger partial charge is 0.495 e. The molecular formula is C20H23ClN4O5. The molecule has 0 bridgehead atoms. The molecule has 1 saturated heterocycles. The smallest absolute Gasteiger partial charge is 0.269 e. The van der Waals surface area contributed by atoms with Crippen molar-refractivity contribution in [3.63, 3.8) is 0 Å². The molecule has 3 rings (SSSR count). The number of non-ortho nitro benzene ring substituents is 1. The van der Waals surface area contributed by atoms with Gasteiger partial charge in [0.2, 0.25) is 5.91 Å². The lowest BCUT2D eigenvalue weighted by molar-refractivity contribution is -0.384. The standard InChI is InChI=1S/C20H23ClN4O5/c1-29-18-12-17(19(30-2)11-16(18)21)22-20(26)13-23-7-9-24(10-8-23)14-3-5-15(6-4-14)25(27)28/h3-6,11-12H,7-10,13H2,1-2H3,(H,22,26). The van der Waals surface area contributed by atoms with Crippen molar-refractivity contribution in [3.05, 3.63) is 51.5 Å². The first-order valence-electron chi connectivity index (χ1n) is 9.34. The Morgan fingerprint density at radius 2 is 1.73 bits per heavy atom. The molecule has 1 fully saturated rings. The molecule has 30 heavy (non-hydrogen) atoms. The van der Waals surface area contributed by atoms with E-state index in [4.69, 9.17) is 21.1 Å². The van der Waals surface area contributed by atoms with E-state index >= 15 is 0 Å². The summed E-state index contributed by atoms with van der Waals surface area (Å²) in [5, 5.41) is 14.0. The molecule has 0 atom stereocenters. The number of benzene rings is 2. The Hall–Kier alpha value is -3.04. The van der Waals surface area contributed by atoms with Crippen molar-refractivity contribution >= 4 is 34.6 Å². The number of methoxy groups -OCH3 is 2. The average Bonchev–Trinajstić information content (AvgIpc) is 2.75. The van der Waals surface area contributed by atoms with Gasteiger partial charge in [-0.1, -0.05) is 11.6 Å². The fourth-order valence-corrected chi connectivity index (χ4v) is 3.53. The number of nitro benzene ring substituents is 1. The van der Waals surface area contributed by atoms with E-state index in [9.17, 15) is 14.9 Å². The zero-order valence-corrected chi connectivity index (χ0v) is 17.5. The molecule has 0 aromatic heterocycles. The molecule has 0 spiro atoms. The first kappa shape index (κ1) is 21.7. The van der Waals surface area contributed by atoms with E-state index < -0.39 is 4.92 Å². The third-order valence-electron chi connectivity index (χ3n) is 4.91. The number of nitrogens with one attached hydrogen (secondary N) is 1. The number of hydrogen-bond donors (Lipinski definition) is 1. The number of amides is 1. The summed E-state index contributed by atoms with van der Waals surface area (Å²) >= 11 is 6.10. The van der Waals surface area contributed by atoms with Gasteiger partial charge < -0.3 is 19.7 Å². The maximum atomic E-state index is 12.5. The van der Waals surface area contributed by atoms with Crippen LogP contribution in [-0.2, 0) is 4.79 Å². The number of halogens is 1. The van der Waals surface area contributed by atoms with Crippen LogP contribution >= 0.6 is 11.6 Å². The summed E-state index contributed by atoms with van der Waals surface area (Å²) in [7, 11) is 3.01. The van der Waals surface area contributed by atoms with E-state index in [2.05, 4.69) is 15.1 Å². The lowest BCUT2D eigenvalue weighted by Crippen LogP contribution is -2.48. The van der Waals surface area contributed by atoms with Gasteiger partial charge in [-0.2, -0.15) is 0 Å². The summed E-state index contributed by atoms with van der Waals surface area (Å²) in [6, 6.07) is 9.73. The molecule has 1 amide bonds. The number of carbonyl (C=O) groups is 1. The Morgan fingerprint density at radius 1 is 1.10 bits per heavy atom. The molecule has 9 nitrogen and oxygen atoms in total. The molecule has 2 aromatic rings. The second-order valence-corrected chi connectivity index (χ2v) is 7.18.